The van der Waals surface area contributed by atoms with Crippen molar-refractivity contribution < 1.29 is 18.8 Å². The molecular formula is C28H40ClN3O4SSi. The van der Waals surface area contributed by atoms with Crippen LogP contribution in [0, 0.1) is 13.8 Å². The van der Waals surface area contributed by atoms with E-state index >= 15 is 0 Å². The average molecular weight is 578 g/mol. The highest BCUT2D eigenvalue weighted by Crippen LogP contribution is 2.43. The van der Waals surface area contributed by atoms with Gasteiger partial charge in [-0.15, -0.1) is 0 Å². The fourth-order valence-electron chi connectivity index (χ4n) is 4.49. The Labute approximate surface area is 236 Å². The maximum atomic E-state index is 13.0. The number of aromatic nitrogens is 3. The molecule has 1 aromatic carbocycles. The standard InChI is InChI=1S/C28H40ClN3O4SSi/c1-17-23-22(32(26(17)27(34)35-8)14-11-15-36-38(9,10)28(4,5)6)13-12-20(29)25(23)24-18(2)31(7)30-21(24)16-37-19(3)33/h12-13H,11,14-16H2,1-10H3. The number of hydrogen-bond acceptors (Lipinski definition) is 6. The first-order valence-electron chi connectivity index (χ1n) is 12.8. The predicted molar refractivity (Wildman–Crippen MR) is 160 cm³/mol. The maximum absolute atomic E-state index is 13.0. The zero-order valence-corrected chi connectivity index (χ0v) is 26.8. The number of fused-ring (bicyclic) bond motifs is 1. The highest BCUT2D eigenvalue weighted by Gasteiger charge is 2.37. The van der Waals surface area contributed by atoms with E-state index in [9.17, 15) is 9.59 Å². The molecule has 0 unspecified atom stereocenters. The van der Waals surface area contributed by atoms with E-state index in [4.69, 9.17) is 25.9 Å². The lowest BCUT2D eigenvalue weighted by molar-refractivity contribution is -0.109. The van der Waals surface area contributed by atoms with Crippen molar-refractivity contribution in [1.82, 2.24) is 14.3 Å². The average Bonchev–Trinajstić information content (AvgIpc) is 3.26. The topological polar surface area (TPSA) is 75.4 Å². The number of halogens is 1. The van der Waals surface area contributed by atoms with Crippen LogP contribution >= 0.6 is 23.4 Å². The lowest BCUT2D eigenvalue weighted by Crippen LogP contribution is -2.41. The van der Waals surface area contributed by atoms with Crippen molar-refractivity contribution in [3.05, 3.63) is 39.8 Å². The van der Waals surface area contributed by atoms with Crippen LogP contribution in [0.1, 0.15) is 61.6 Å². The number of carbonyl (C=O) groups is 2. The maximum Gasteiger partial charge on any atom is 0.354 e. The molecule has 0 bridgehead atoms. The van der Waals surface area contributed by atoms with E-state index < -0.39 is 8.32 Å². The van der Waals surface area contributed by atoms with Crippen LogP contribution in [-0.2, 0) is 33.3 Å². The zero-order valence-electron chi connectivity index (χ0n) is 24.2. The van der Waals surface area contributed by atoms with Gasteiger partial charge in [0, 0.05) is 65.6 Å². The van der Waals surface area contributed by atoms with E-state index in [0.29, 0.717) is 29.6 Å². The number of carbonyl (C=O) groups excluding carboxylic acids is 2. The van der Waals surface area contributed by atoms with E-state index in [0.717, 1.165) is 45.4 Å². The second kappa shape index (κ2) is 11.6. The van der Waals surface area contributed by atoms with Crippen LogP contribution in [0.5, 0.6) is 0 Å². The molecule has 0 saturated heterocycles. The van der Waals surface area contributed by atoms with Crippen molar-refractivity contribution in [1.29, 1.82) is 0 Å². The third-order valence-electron chi connectivity index (χ3n) is 7.67. The number of aryl methyl sites for hydroxylation is 3. The van der Waals surface area contributed by atoms with Crippen LogP contribution < -0.4 is 0 Å². The summed E-state index contributed by atoms with van der Waals surface area (Å²) in [5.41, 5.74) is 5.68. The highest BCUT2D eigenvalue weighted by atomic mass is 35.5. The Morgan fingerprint density at radius 3 is 2.39 bits per heavy atom. The van der Waals surface area contributed by atoms with Crippen molar-refractivity contribution in [3.63, 3.8) is 0 Å². The summed E-state index contributed by atoms with van der Waals surface area (Å²) in [7, 11) is 1.41. The summed E-state index contributed by atoms with van der Waals surface area (Å²) in [6.45, 7) is 17.9. The fourth-order valence-corrected chi connectivity index (χ4v) is 6.37. The molecule has 0 spiro atoms. The molecule has 0 radical (unpaired) electrons. The van der Waals surface area contributed by atoms with Gasteiger partial charge in [-0.2, -0.15) is 5.10 Å². The molecule has 3 rings (SSSR count). The van der Waals surface area contributed by atoms with Gasteiger partial charge in [0.05, 0.1) is 12.8 Å². The summed E-state index contributed by atoms with van der Waals surface area (Å²) >= 11 is 8.09. The van der Waals surface area contributed by atoms with Gasteiger partial charge in [0.1, 0.15) is 5.69 Å². The first kappa shape index (κ1) is 30.5. The number of esters is 1. The summed E-state index contributed by atoms with van der Waals surface area (Å²) in [4.78, 5) is 24.8. The van der Waals surface area contributed by atoms with Crippen LogP contribution in [-0.4, -0.2) is 47.5 Å². The minimum absolute atomic E-state index is 0.0267. The molecule has 0 fully saturated rings. The lowest BCUT2D eigenvalue weighted by Gasteiger charge is -2.36. The second-order valence-corrected chi connectivity index (χ2v) is 17.6. The lowest BCUT2D eigenvalue weighted by atomic mass is 9.97. The van der Waals surface area contributed by atoms with Gasteiger partial charge in [-0.1, -0.05) is 44.1 Å². The van der Waals surface area contributed by atoms with E-state index in [2.05, 4.69) is 33.9 Å². The predicted octanol–water partition coefficient (Wildman–Crippen LogP) is 7.29. The smallest absolute Gasteiger partial charge is 0.354 e. The number of methoxy groups -OCH3 is 1. The third-order valence-corrected chi connectivity index (χ3v) is 13.3. The molecule has 208 valence electrons. The minimum Gasteiger partial charge on any atom is -0.464 e. The molecule has 2 aromatic heterocycles. The molecule has 10 heteroatoms. The van der Waals surface area contributed by atoms with Gasteiger partial charge in [-0.05, 0) is 56.1 Å². The van der Waals surface area contributed by atoms with E-state index in [1.165, 1.54) is 18.9 Å². The number of nitrogens with zero attached hydrogens (tertiary/aromatic N) is 3. The summed E-state index contributed by atoms with van der Waals surface area (Å²) in [6, 6.07) is 3.84. The second-order valence-electron chi connectivity index (χ2n) is 11.2. The largest absolute Gasteiger partial charge is 0.464 e. The summed E-state index contributed by atoms with van der Waals surface area (Å²) < 4.78 is 15.5. The Hall–Kier alpha value is -2.07. The Morgan fingerprint density at radius 1 is 1.16 bits per heavy atom. The van der Waals surface area contributed by atoms with Crippen molar-refractivity contribution in [2.24, 2.45) is 7.05 Å². The number of hydrogen-bond donors (Lipinski definition) is 0. The molecule has 38 heavy (non-hydrogen) atoms. The summed E-state index contributed by atoms with van der Waals surface area (Å²) in [5.74, 6) is 0.0503. The van der Waals surface area contributed by atoms with Crippen molar-refractivity contribution in [3.8, 4) is 11.1 Å². The fraction of sp³-hybridized carbons (Fsp3) is 0.536. The van der Waals surface area contributed by atoms with Crippen LogP contribution in [0.25, 0.3) is 22.0 Å². The van der Waals surface area contributed by atoms with Gasteiger partial charge in [-0.25, -0.2) is 4.79 Å². The van der Waals surface area contributed by atoms with Crippen LogP contribution in [0.2, 0.25) is 23.2 Å². The van der Waals surface area contributed by atoms with Crippen LogP contribution in [0.4, 0.5) is 0 Å². The Balaban J connectivity index is 2.15. The summed E-state index contributed by atoms with van der Waals surface area (Å²) in [5, 5.41) is 6.32. The van der Waals surface area contributed by atoms with Crippen molar-refractivity contribution >= 4 is 53.7 Å². The number of ether oxygens (including phenoxy) is 1. The SMILES string of the molecule is COC(=O)c1c(C)c2c(-c3c(CSC(C)=O)nn(C)c3C)c(Cl)ccc2n1CCCO[Si](C)(C)C(C)(C)C. The highest BCUT2D eigenvalue weighted by molar-refractivity contribution is 8.12. The van der Waals surface area contributed by atoms with Crippen LogP contribution in [0.15, 0.2) is 12.1 Å². The van der Waals surface area contributed by atoms with Gasteiger partial charge in [0.25, 0.3) is 0 Å². The molecule has 0 amide bonds. The quantitative estimate of drug-likeness (QED) is 0.151. The normalized spacial score (nSPS) is 12.4. The molecule has 0 saturated carbocycles. The van der Waals surface area contributed by atoms with Gasteiger partial charge in [0.2, 0.25) is 0 Å². The van der Waals surface area contributed by atoms with E-state index in [1.807, 2.05) is 42.3 Å². The molecule has 2 heterocycles. The first-order chi connectivity index (χ1) is 17.6. The molecule has 0 aliphatic carbocycles. The Morgan fingerprint density at radius 2 is 1.82 bits per heavy atom. The summed E-state index contributed by atoms with van der Waals surface area (Å²) in [6.07, 6.45) is 0.754. The first-order valence-corrected chi connectivity index (χ1v) is 17.1. The Kier molecular flexibility index (Phi) is 9.28. The molecule has 7 nitrogen and oxygen atoms in total. The molecule has 0 N–H and O–H groups in total. The number of rotatable bonds is 9. The molecule has 0 aliphatic heterocycles. The minimum atomic E-state index is -1.87. The number of thioether (sulfide) groups is 1. The van der Waals surface area contributed by atoms with Crippen LogP contribution in [0.3, 0.4) is 0 Å². The molecule has 0 atom stereocenters. The molecule has 0 aliphatic rings. The van der Waals surface area contributed by atoms with E-state index in [1.54, 1.807) is 6.92 Å². The van der Waals surface area contributed by atoms with Gasteiger partial charge in [0.15, 0.2) is 13.4 Å². The third kappa shape index (κ3) is 5.90. The molecular weight excluding hydrogens is 538 g/mol. The van der Waals surface area contributed by atoms with Gasteiger partial charge >= 0.3 is 5.97 Å². The molecule has 3 aromatic rings. The van der Waals surface area contributed by atoms with Gasteiger partial charge in [-0.3, -0.25) is 9.48 Å². The number of benzene rings is 1. The van der Waals surface area contributed by atoms with Crippen molar-refractivity contribution in [2.45, 2.75) is 78.4 Å². The monoisotopic (exact) mass is 577 g/mol. The van der Waals surface area contributed by atoms with Gasteiger partial charge < -0.3 is 13.7 Å². The van der Waals surface area contributed by atoms with Crippen molar-refractivity contribution in [2.75, 3.05) is 13.7 Å². The zero-order chi connectivity index (χ0) is 28.6. The Bertz CT molecular complexity index is 1370. The van der Waals surface area contributed by atoms with E-state index in [-0.39, 0.29) is 16.1 Å².